The number of sulfone groups is 1. The highest BCUT2D eigenvalue weighted by molar-refractivity contribution is 8.03. The predicted octanol–water partition coefficient (Wildman–Crippen LogP) is 19.0. The molecule has 0 aliphatic carbocycles. The minimum atomic E-state index is -3.90. The van der Waals surface area contributed by atoms with Gasteiger partial charge in [0.25, 0.3) is 6.71 Å². The molecule has 3 aliphatic heterocycles. The molecule has 0 fully saturated rings. The van der Waals surface area contributed by atoms with Gasteiger partial charge < -0.3 is 19.1 Å². The highest BCUT2D eigenvalue weighted by atomic mass is 32.2. The fraction of sp³-hybridized carbons (Fsp3) is 0. The van der Waals surface area contributed by atoms with Crippen molar-refractivity contribution in [1.82, 2.24) is 4.57 Å². The van der Waals surface area contributed by atoms with Crippen molar-refractivity contribution >= 4 is 167 Å². The second-order valence-corrected chi connectivity index (χ2v) is 29.4. The molecule has 91 heavy (non-hydrogen) atoms. The number of ether oxygens (including phenoxy) is 1. The average molecular weight is 1240 g/mol. The molecule has 16 aromatic rings. The lowest BCUT2D eigenvalue weighted by Crippen LogP contribution is -2.55. The third-order valence-corrected chi connectivity index (χ3v) is 24.7. The zero-order valence-electron chi connectivity index (χ0n) is 48.6. The smallest absolute Gasteiger partial charge is 0.251 e. The molecule has 7 nitrogen and oxygen atoms in total. The molecule has 432 valence electrons. The third kappa shape index (κ3) is 8.06. The normalized spacial score (nSPS) is 15.1. The summed E-state index contributed by atoms with van der Waals surface area (Å²) in [5, 5.41) is 7.14. The van der Waals surface area contributed by atoms with Crippen molar-refractivity contribution in [2.75, 3.05) is 9.80 Å². The van der Waals surface area contributed by atoms with Crippen molar-refractivity contribution in [3.05, 3.63) is 291 Å². The van der Waals surface area contributed by atoms with Crippen molar-refractivity contribution in [2.24, 2.45) is 0 Å². The number of hydrogen-bond donors (Lipinski definition) is 0. The lowest BCUT2D eigenvalue weighted by molar-refractivity contribution is 0.487. The molecule has 0 saturated carbocycles. The molecule has 1 atom stereocenters. The van der Waals surface area contributed by atoms with Crippen LogP contribution in [0.4, 0.5) is 34.1 Å². The zero-order chi connectivity index (χ0) is 60.7. The minimum Gasteiger partial charge on any atom is -0.458 e. The van der Waals surface area contributed by atoms with Gasteiger partial charge in [-0.2, -0.15) is 0 Å². The Hall–Kier alpha value is -10.5. The van der Waals surface area contributed by atoms with Crippen LogP contribution < -0.4 is 30.9 Å². The minimum absolute atomic E-state index is 0.0419. The summed E-state index contributed by atoms with van der Waals surface area (Å²) in [6.45, 7) is 0.0419. The van der Waals surface area contributed by atoms with Gasteiger partial charge in [-0.05, 0) is 155 Å². The summed E-state index contributed by atoms with van der Waals surface area (Å²) in [4.78, 5) is 5.51. The van der Waals surface area contributed by atoms with Gasteiger partial charge in [-0.25, -0.2) is 8.42 Å². The number of rotatable bonds is 5. The lowest BCUT2D eigenvalue weighted by Gasteiger charge is -2.40. The van der Waals surface area contributed by atoms with Crippen LogP contribution in [0.25, 0.3) is 79.0 Å². The molecule has 0 spiro atoms. The monoisotopic (exact) mass is 1240 g/mol. The molecular formula is C79H50BN3O4S4. The van der Waals surface area contributed by atoms with Crippen LogP contribution in [0.2, 0.25) is 0 Å². The maximum Gasteiger partial charge on any atom is 0.251 e. The Kier molecular flexibility index (Phi) is 12.1. The van der Waals surface area contributed by atoms with Crippen LogP contribution in [-0.4, -0.2) is 29.8 Å². The molecule has 6 heterocycles. The zero-order valence-corrected chi connectivity index (χ0v) is 51.9. The Morgan fingerprint density at radius 3 is 1.44 bits per heavy atom. The van der Waals surface area contributed by atoms with Gasteiger partial charge in [0.2, 0.25) is 9.84 Å². The van der Waals surface area contributed by atoms with Gasteiger partial charge in [0, 0.05) is 60.9 Å². The van der Waals surface area contributed by atoms with E-state index in [0.717, 1.165) is 88.0 Å². The van der Waals surface area contributed by atoms with Gasteiger partial charge in [-0.15, -0.1) is 22.7 Å². The fourth-order valence-corrected chi connectivity index (χ4v) is 21.2. The number of fused-ring (bicyclic) bond motifs is 15. The van der Waals surface area contributed by atoms with Gasteiger partial charge in [0.05, 0.1) is 64.7 Å². The van der Waals surface area contributed by atoms with Crippen LogP contribution >= 0.6 is 22.7 Å². The fourth-order valence-electron chi connectivity index (χ4n) is 14.4. The molecule has 0 amide bonds. The first-order valence-electron chi connectivity index (χ1n) is 30.1. The number of nitrogens with zero attached hydrogens (tertiary/aromatic N) is 3. The first-order valence-corrected chi connectivity index (χ1v) is 35.0. The Morgan fingerprint density at radius 1 is 0.352 bits per heavy atom. The topological polar surface area (TPSA) is 71.9 Å². The highest BCUT2D eigenvalue weighted by Crippen LogP contribution is 2.56. The number of thiophene rings is 2. The quantitative estimate of drug-likeness (QED) is 0.126. The van der Waals surface area contributed by atoms with Crippen molar-refractivity contribution in [1.29, 1.82) is 0 Å². The molecule has 12 heteroatoms. The van der Waals surface area contributed by atoms with Gasteiger partial charge in [-0.1, -0.05) is 175 Å². The van der Waals surface area contributed by atoms with Crippen LogP contribution in [0.1, 0.15) is 0 Å². The standard InChI is InChI=1S/C42H27BN2OS.C37H23NO3S3/c1-2-14-28(15-3-1)44-32-19-6-8-21-34(32)45(35-22-9-7-20-33(35)44)36-23-13-27-40-42(36)41-31(18-12-26-39(41)47-40)43-29-16-4-10-24-37(29)46-38-25-11-5-17-30(38)43;1-43(39)32-18-6-7-19-34(32)44(40,41)35-22-23(20-21-33(35)43)24-12-8-16-30-36(24)37-29(15-9-17-31(37)42-30)38-27-13-4-2-10-25(27)26-11-3-5-14-28(26)38/h1-27H;2-22H,1H2. The molecule has 19 rings (SSSR count). The van der Waals surface area contributed by atoms with E-state index in [-0.39, 0.29) is 26.3 Å². The molecule has 0 saturated heterocycles. The Labute approximate surface area is 534 Å². The average Bonchev–Trinajstić information content (AvgIpc) is 1.58. The molecule has 0 radical (unpaired) electrons. The summed E-state index contributed by atoms with van der Waals surface area (Å²) in [5.41, 5.74) is 15.6. The summed E-state index contributed by atoms with van der Waals surface area (Å²) in [6.07, 6.45) is 0. The first kappa shape index (κ1) is 53.6. The van der Waals surface area contributed by atoms with Gasteiger partial charge in [0.1, 0.15) is 11.5 Å². The summed E-state index contributed by atoms with van der Waals surface area (Å²) >= 11 is 3.60. The number of para-hydroxylation sites is 9. The third-order valence-electron chi connectivity index (χ3n) is 18.2. The number of aromatic nitrogens is 1. The molecule has 0 bridgehead atoms. The molecule has 13 aromatic carbocycles. The van der Waals surface area contributed by atoms with E-state index in [4.69, 9.17) is 4.74 Å². The van der Waals surface area contributed by atoms with Crippen LogP contribution in [0, 0.1) is 0 Å². The summed E-state index contributed by atoms with van der Waals surface area (Å²) < 4.78 is 55.3. The molecule has 3 aliphatic rings. The molecular weight excluding hydrogens is 1190 g/mol. The van der Waals surface area contributed by atoms with E-state index in [1.807, 2.05) is 29.5 Å². The Morgan fingerprint density at radius 2 is 0.802 bits per heavy atom. The van der Waals surface area contributed by atoms with E-state index in [1.165, 1.54) is 59.1 Å². The maximum atomic E-state index is 13.9. The summed E-state index contributed by atoms with van der Waals surface area (Å²) in [6, 6.07) is 100. The Bertz CT molecular complexity index is 5830. The van der Waals surface area contributed by atoms with E-state index in [9.17, 15) is 12.6 Å². The van der Waals surface area contributed by atoms with Gasteiger partial charge >= 0.3 is 0 Å². The Balaban J connectivity index is 0.000000135. The van der Waals surface area contributed by atoms with Crippen molar-refractivity contribution < 1.29 is 17.4 Å². The maximum absolute atomic E-state index is 13.9. The molecule has 3 aromatic heterocycles. The SMILES string of the molecule is C=S1(=O)c2ccccc2S(=O)(=O)c2cc(-c3cccc4sc5cccc(-n6c7ccccc7c7ccccc76)c5c34)ccc21.c1ccc(N2c3ccccc3N(c3cccc4sc5cccc(B6c7ccccc7Oc7ccccc76)c5c34)c3ccccc32)cc1. The largest absolute Gasteiger partial charge is 0.458 e. The van der Waals surface area contributed by atoms with Crippen LogP contribution in [0.5, 0.6) is 11.5 Å². The van der Waals surface area contributed by atoms with E-state index in [0.29, 0.717) is 0 Å². The lowest BCUT2D eigenvalue weighted by atomic mass is 9.35. The van der Waals surface area contributed by atoms with E-state index in [2.05, 4.69) is 257 Å². The van der Waals surface area contributed by atoms with Gasteiger partial charge in [-0.3, -0.25) is 4.21 Å². The van der Waals surface area contributed by atoms with Crippen molar-refractivity contribution in [3.63, 3.8) is 0 Å². The van der Waals surface area contributed by atoms with Crippen LogP contribution in [-0.2, 0) is 19.4 Å². The highest BCUT2D eigenvalue weighted by Gasteiger charge is 2.38. The van der Waals surface area contributed by atoms with E-state index in [1.54, 1.807) is 41.7 Å². The van der Waals surface area contributed by atoms with E-state index < -0.39 is 19.4 Å². The first-order chi connectivity index (χ1) is 44.7. The second-order valence-electron chi connectivity index (χ2n) is 23.2. The van der Waals surface area contributed by atoms with Gasteiger partial charge in [0.15, 0.2) is 0 Å². The van der Waals surface area contributed by atoms with Crippen LogP contribution in [0.15, 0.2) is 311 Å². The van der Waals surface area contributed by atoms with Crippen molar-refractivity contribution in [3.8, 4) is 28.3 Å². The van der Waals surface area contributed by atoms with E-state index >= 15 is 0 Å². The van der Waals surface area contributed by atoms with Crippen molar-refractivity contribution in [2.45, 2.75) is 19.6 Å². The molecule has 1 unspecified atom stereocenters. The summed E-state index contributed by atoms with van der Waals surface area (Å²) in [7, 11) is -6.89. The number of anilines is 6. The van der Waals surface area contributed by atoms with Crippen LogP contribution in [0.3, 0.4) is 0 Å². The number of hydrogen-bond acceptors (Lipinski definition) is 8. The summed E-state index contributed by atoms with van der Waals surface area (Å²) in [5.74, 6) is 5.86. The predicted molar refractivity (Wildman–Crippen MR) is 383 cm³/mol. The number of benzene rings is 13. The second kappa shape index (κ2) is 20.5. The molecule has 0 N–H and O–H groups in total.